The fraction of sp³-hybridized carbons (Fsp3) is 0.364. The molecule has 8 heteroatoms. The zero-order valence-corrected chi connectivity index (χ0v) is 11.5. The van der Waals surface area contributed by atoms with Gasteiger partial charge < -0.3 is 16.0 Å². The lowest BCUT2D eigenvalue weighted by molar-refractivity contribution is -0.119. The number of rotatable bonds is 2. The molecule has 2 rings (SSSR count). The van der Waals surface area contributed by atoms with Gasteiger partial charge in [-0.15, -0.1) is 0 Å². The number of amides is 1. The van der Waals surface area contributed by atoms with E-state index in [1.54, 1.807) is 6.07 Å². The fourth-order valence-corrected chi connectivity index (χ4v) is 2.60. The lowest BCUT2D eigenvalue weighted by Gasteiger charge is -2.23. The van der Waals surface area contributed by atoms with Crippen LogP contribution in [0, 0.1) is 0 Å². The number of hydrogen-bond donors (Lipinski definition) is 2. The molecule has 0 fully saturated rings. The first-order valence-corrected chi connectivity index (χ1v) is 6.16. The van der Waals surface area contributed by atoms with E-state index in [1.807, 2.05) is 0 Å². The Bertz CT molecular complexity index is 533. The first kappa shape index (κ1) is 14.1. The first-order chi connectivity index (χ1) is 8.69. The zero-order chi connectivity index (χ0) is 14.4. The van der Waals surface area contributed by atoms with Crippen LogP contribution in [0.4, 0.5) is 24.5 Å². The van der Waals surface area contributed by atoms with Crippen LogP contribution >= 0.6 is 15.9 Å². The summed E-state index contributed by atoms with van der Waals surface area (Å²) in [6, 6.07) is 2.27. The van der Waals surface area contributed by atoms with Crippen molar-refractivity contribution in [1.82, 2.24) is 0 Å². The molecule has 1 unspecified atom stereocenters. The van der Waals surface area contributed by atoms with Crippen molar-refractivity contribution in [3.05, 3.63) is 22.2 Å². The molecule has 0 radical (unpaired) electrons. The lowest BCUT2D eigenvalue weighted by Crippen LogP contribution is -2.31. The minimum atomic E-state index is -4.30. The van der Waals surface area contributed by atoms with Crippen LogP contribution in [0.3, 0.4) is 0 Å². The number of benzene rings is 1. The Kier molecular flexibility index (Phi) is 3.48. The molecule has 19 heavy (non-hydrogen) atoms. The SMILES string of the molecule is CN(CC(F)(F)F)c1cc2c(cc1Br)C(N)C(=O)N2. The molecule has 1 atom stereocenters. The van der Waals surface area contributed by atoms with Crippen molar-refractivity contribution in [2.75, 3.05) is 23.8 Å². The molecule has 1 aliphatic rings. The van der Waals surface area contributed by atoms with Gasteiger partial charge in [0.15, 0.2) is 0 Å². The second kappa shape index (κ2) is 4.68. The molecule has 1 aliphatic heterocycles. The van der Waals surface area contributed by atoms with Gasteiger partial charge in [0.2, 0.25) is 5.91 Å². The molecule has 1 aromatic rings. The normalized spacial score (nSPS) is 18.2. The molecule has 0 bridgehead atoms. The van der Waals surface area contributed by atoms with E-state index in [2.05, 4.69) is 21.2 Å². The molecule has 0 saturated heterocycles. The summed E-state index contributed by atoms with van der Waals surface area (Å²) >= 11 is 3.20. The summed E-state index contributed by atoms with van der Waals surface area (Å²) in [6.07, 6.45) is -4.30. The third-order valence-corrected chi connectivity index (χ3v) is 3.46. The average molecular weight is 338 g/mol. The maximum Gasteiger partial charge on any atom is 0.405 e. The van der Waals surface area contributed by atoms with Crippen molar-refractivity contribution in [2.24, 2.45) is 5.73 Å². The maximum absolute atomic E-state index is 12.4. The number of fused-ring (bicyclic) bond motifs is 1. The monoisotopic (exact) mass is 337 g/mol. The van der Waals surface area contributed by atoms with Crippen LogP contribution < -0.4 is 16.0 Å². The van der Waals surface area contributed by atoms with E-state index in [4.69, 9.17) is 5.73 Å². The number of carbonyl (C=O) groups excluding carboxylic acids is 1. The summed E-state index contributed by atoms with van der Waals surface area (Å²) in [5.74, 6) is -0.363. The van der Waals surface area contributed by atoms with Gasteiger partial charge in [0.25, 0.3) is 0 Å². The molecule has 1 heterocycles. The van der Waals surface area contributed by atoms with Crippen LogP contribution in [0.2, 0.25) is 0 Å². The second-order valence-electron chi connectivity index (χ2n) is 4.33. The molecular weight excluding hydrogens is 327 g/mol. The van der Waals surface area contributed by atoms with E-state index >= 15 is 0 Å². The lowest BCUT2D eigenvalue weighted by atomic mass is 10.1. The highest BCUT2D eigenvalue weighted by atomic mass is 79.9. The van der Waals surface area contributed by atoms with Gasteiger partial charge in [-0.3, -0.25) is 4.79 Å². The highest BCUT2D eigenvalue weighted by Crippen LogP contribution is 2.38. The summed E-state index contributed by atoms with van der Waals surface area (Å²) in [5, 5.41) is 2.54. The van der Waals surface area contributed by atoms with Crippen LogP contribution in [-0.2, 0) is 4.79 Å². The van der Waals surface area contributed by atoms with Crippen molar-refractivity contribution in [3.8, 4) is 0 Å². The Morgan fingerprint density at radius 1 is 1.47 bits per heavy atom. The second-order valence-corrected chi connectivity index (χ2v) is 5.18. The molecule has 1 aromatic carbocycles. The number of anilines is 2. The van der Waals surface area contributed by atoms with Crippen LogP contribution in [0.1, 0.15) is 11.6 Å². The van der Waals surface area contributed by atoms with E-state index < -0.39 is 18.8 Å². The predicted molar refractivity (Wildman–Crippen MR) is 69.0 cm³/mol. The van der Waals surface area contributed by atoms with Gasteiger partial charge in [-0.2, -0.15) is 13.2 Å². The third-order valence-electron chi connectivity index (χ3n) is 2.82. The molecule has 1 amide bonds. The van der Waals surface area contributed by atoms with Crippen LogP contribution in [0.5, 0.6) is 0 Å². The highest BCUT2D eigenvalue weighted by Gasteiger charge is 2.32. The van der Waals surface area contributed by atoms with E-state index in [-0.39, 0.29) is 5.91 Å². The Morgan fingerprint density at radius 3 is 2.68 bits per heavy atom. The summed E-state index contributed by atoms with van der Waals surface area (Å²) < 4.78 is 37.6. The number of nitrogens with one attached hydrogen (secondary N) is 1. The summed E-state index contributed by atoms with van der Waals surface area (Å²) in [7, 11) is 1.33. The van der Waals surface area contributed by atoms with Crippen LogP contribution in [0.25, 0.3) is 0 Å². The van der Waals surface area contributed by atoms with Gasteiger partial charge in [-0.05, 0) is 28.1 Å². The smallest absolute Gasteiger partial charge is 0.365 e. The van der Waals surface area contributed by atoms with Gasteiger partial charge in [0.05, 0.1) is 5.69 Å². The fourth-order valence-electron chi connectivity index (χ4n) is 1.94. The molecule has 0 spiro atoms. The minimum Gasteiger partial charge on any atom is -0.365 e. The Morgan fingerprint density at radius 2 is 2.11 bits per heavy atom. The van der Waals surface area contributed by atoms with Gasteiger partial charge >= 0.3 is 6.18 Å². The topological polar surface area (TPSA) is 58.4 Å². The average Bonchev–Trinajstić information content (AvgIpc) is 2.52. The van der Waals surface area contributed by atoms with Gasteiger partial charge in [0, 0.05) is 22.8 Å². The van der Waals surface area contributed by atoms with E-state index in [0.29, 0.717) is 21.4 Å². The number of carbonyl (C=O) groups is 1. The minimum absolute atomic E-state index is 0.338. The molecule has 0 aliphatic carbocycles. The molecule has 0 saturated carbocycles. The standard InChI is InChI=1S/C11H11BrF3N3O/c1-18(4-11(13,14)15)8-3-7-5(2-6(8)12)9(16)10(19)17-7/h2-3,9H,4,16H2,1H3,(H,17,19). The molecule has 3 N–H and O–H groups in total. The molecule has 104 valence electrons. The van der Waals surface area contributed by atoms with Crippen molar-refractivity contribution < 1.29 is 18.0 Å². The van der Waals surface area contributed by atoms with Crippen LogP contribution in [-0.4, -0.2) is 25.7 Å². The largest absolute Gasteiger partial charge is 0.405 e. The van der Waals surface area contributed by atoms with Gasteiger partial charge in [-0.1, -0.05) is 0 Å². The van der Waals surface area contributed by atoms with E-state index in [1.165, 1.54) is 13.1 Å². The highest BCUT2D eigenvalue weighted by molar-refractivity contribution is 9.10. The number of alkyl halides is 3. The number of nitrogens with two attached hydrogens (primary N) is 1. The van der Waals surface area contributed by atoms with Crippen LogP contribution in [0.15, 0.2) is 16.6 Å². The summed E-state index contributed by atoms with van der Waals surface area (Å²) in [4.78, 5) is 12.5. The molecule has 0 aromatic heterocycles. The first-order valence-electron chi connectivity index (χ1n) is 5.37. The summed E-state index contributed by atoms with van der Waals surface area (Å²) in [5.41, 5.74) is 7.02. The number of hydrogen-bond acceptors (Lipinski definition) is 3. The van der Waals surface area contributed by atoms with Crippen molar-refractivity contribution in [3.63, 3.8) is 0 Å². The summed E-state index contributed by atoms with van der Waals surface area (Å²) in [6.45, 7) is -1.08. The Labute approximate surface area is 115 Å². The van der Waals surface area contributed by atoms with Crippen molar-refractivity contribution >= 4 is 33.2 Å². The van der Waals surface area contributed by atoms with Crippen molar-refractivity contribution in [2.45, 2.75) is 12.2 Å². The van der Waals surface area contributed by atoms with Gasteiger partial charge in [-0.25, -0.2) is 0 Å². The Balaban J connectivity index is 2.34. The predicted octanol–water partition coefficient (Wildman–Crippen LogP) is 2.40. The van der Waals surface area contributed by atoms with Gasteiger partial charge in [0.1, 0.15) is 12.6 Å². The quantitative estimate of drug-likeness (QED) is 0.871. The van der Waals surface area contributed by atoms with E-state index in [0.717, 1.165) is 4.90 Å². The van der Waals surface area contributed by atoms with Crippen molar-refractivity contribution in [1.29, 1.82) is 0 Å². The van der Waals surface area contributed by atoms with E-state index in [9.17, 15) is 18.0 Å². The number of nitrogens with zero attached hydrogens (tertiary/aromatic N) is 1. The Hall–Kier alpha value is -1.28. The zero-order valence-electron chi connectivity index (χ0n) is 9.88. The molecule has 4 nitrogen and oxygen atoms in total. The maximum atomic E-state index is 12.4. The third kappa shape index (κ3) is 2.84. The molecular formula is C11H11BrF3N3O. The number of halogens is 4.